The van der Waals surface area contributed by atoms with Crippen LogP contribution in [-0.2, 0) is 11.3 Å². The van der Waals surface area contributed by atoms with Gasteiger partial charge >= 0.3 is 0 Å². The molecule has 1 atom stereocenters. The molecule has 0 spiro atoms. The molecule has 1 saturated heterocycles. The lowest BCUT2D eigenvalue weighted by molar-refractivity contribution is -0.141. The van der Waals surface area contributed by atoms with Crippen molar-refractivity contribution in [2.45, 2.75) is 19.6 Å². The molecule has 0 saturated carbocycles. The van der Waals surface area contributed by atoms with Gasteiger partial charge in [-0.25, -0.2) is 0 Å². The van der Waals surface area contributed by atoms with Crippen LogP contribution in [0.4, 0.5) is 0 Å². The Balaban J connectivity index is 1.90. The number of aromatic nitrogens is 1. The van der Waals surface area contributed by atoms with Gasteiger partial charge in [0.2, 0.25) is 0 Å². The Hall–Kier alpha value is -0.880. The minimum Gasteiger partial charge on any atom is -0.384 e. The van der Waals surface area contributed by atoms with E-state index in [9.17, 15) is 9.90 Å². The van der Waals surface area contributed by atoms with Gasteiger partial charge in [-0.1, -0.05) is 23.2 Å². The number of aliphatic hydroxyl groups excluding tert-OH is 1. The van der Waals surface area contributed by atoms with Crippen LogP contribution in [0.2, 0.25) is 10.0 Å². The summed E-state index contributed by atoms with van der Waals surface area (Å²) in [7, 11) is 0. The van der Waals surface area contributed by atoms with E-state index in [1.54, 1.807) is 17.2 Å². The fraction of sp³-hybridized carbons (Fsp3) is 0.538. The second kappa shape index (κ2) is 6.72. The molecule has 2 rings (SSSR count). The zero-order valence-corrected chi connectivity index (χ0v) is 12.7. The lowest BCUT2D eigenvalue weighted by Crippen LogP contribution is -2.50. The fourth-order valence-electron chi connectivity index (χ4n) is 2.16. The molecule has 7 heteroatoms. The van der Waals surface area contributed by atoms with Crippen molar-refractivity contribution in [1.29, 1.82) is 0 Å². The van der Waals surface area contributed by atoms with Crippen LogP contribution in [0.25, 0.3) is 0 Å². The third kappa shape index (κ3) is 3.82. The zero-order chi connectivity index (χ0) is 14.7. The van der Waals surface area contributed by atoms with Gasteiger partial charge in [-0.05, 0) is 13.0 Å². The van der Waals surface area contributed by atoms with E-state index < -0.39 is 6.10 Å². The molecule has 0 aromatic carbocycles. The van der Waals surface area contributed by atoms with Gasteiger partial charge in [0.1, 0.15) is 6.10 Å². The molecule has 1 aromatic heterocycles. The molecule has 20 heavy (non-hydrogen) atoms. The minimum atomic E-state index is -0.936. The topological polar surface area (TPSA) is 56.7 Å². The van der Waals surface area contributed by atoms with Crippen molar-refractivity contribution in [2.24, 2.45) is 0 Å². The Morgan fingerprint density at radius 1 is 1.40 bits per heavy atom. The highest BCUT2D eigenvalue weighted by atomic mass is 35.5. The summed E-state index contributed by atoms with van der Waals surface area (Å²) in [5, 5.41) is 10.4. The summed E-state index contributed by atoms with van der Waals surface area (Å²) < 4.78 is 0. The number of halogens is 2. The largest absolute Gasteiger partial charge is 0.384 e. The fourth-order valence-corrected chi connectivity index (χ4v) is 2.60. The molecule has 110 valence electrons. The van der Waals surface area contributed by atoms with E-state index in [1.807, 2.05) is 0 Å². The lowest BCUT2D eigenvalue weighted by atomic mass is 10.2. The summed E-state index contributed by atoms with van der Waals surface area (Å²) in [6.07, 6.45) is 0.643. The molecule has 1 amide bonds. The Bertz CT molecular complexity index is 489. The van der Waals surface area contributed by atoms with Crippen molar-refractivity contribution in [3.05, 3.63) is 28.0 Å². The SMILES string of the molecule is CC(O)C(=O)N1CCN(Cc2ncc(Cl)cc2Cl)CC1. The first-order chi connectivity index (χ1) is 9.47. The van der Waals surface area contributed by atoms with Crippen LogP contribution >= 0.6 is 23.2 Å². The van der Waals surface area contributed by atoms with E-state index in [0.717, 1.165) is 18.8 Å². The number of piperazine rings is 1. The highest BCUT2D eigenvalue weighted by Crippen LogP contribution is 2.20. The number of carbonyl (C=O) groups excluding carboxylic acids is 1. The van der Waals surface area contributed by atoms with Gasteiger partial charge in [0.05, 0.1) is 15.7 Å². The molecule has 1 unspecified atom stereocenters. The monoisotopic (exact) mass is 317 g/mol. The average molecular weight is 318 g/mol. The van der Waals surface area contributed by atoms with Crippen LogP contribution in [0.1, 0.15) is 12.6 Å². The normalized spacial score (nSPS) is 18.1. The first-order valence-corrected chi connectivity index (χ1v) is 7.22. The van der Waals surface area contributed by atoms with Crippen LogP contribution in [0, 0.1) is 0 Å². The molecular formula is C13H17Cl2N3O2. The number of aliphatic hydroxyl groups is 1. The Morgan fingerprint density at radius 2 is 2.05 bits per heavy atom. The Kier molecular flexibility index (Phi) is 5.21. The van der Waals surface area contributed by atoms with E-state index in [1.165, 1.54) is 6.92 Å². The van der Waals surface area contributed by atoms with Crippen molar-refractivity contribution in [1.82, 2.24) is 14.8 Å². The average Bonchev–Trinajstić information content (AvgIpc) is 2.42. The molecule has 1 fully saturated rings. The van der Waals surface area contributed by atoms with Crippen LogP contribution in [-0.4, -0.2) is 58.1 Å². The van der Waals surface area contributed by atoms with Crippen molar-refractivity contribution in [2.75, 3.05) is 26.2 Å². The van der Waals surface area contributed by atoms with Gasteiger partial charge in [-0.2, -0.15) is 0 Å². The van der Waals surface area contributed by atoms with Crippen molar-refractivity contribution < 1.29 is 9.90 Å². The highest BCUT2D eigenvalue weighted by molar-refractivity contribution is 6.34. The van der Waals surface area contributed by atoms with Crippen molar-refractivity contribution in [3.63, 3.8) is 0 Å². The maximum atomic E-state index is 11.7. The van der Waals surface area contributed by atoms with Gasteiger partial charge in [0.25, 0.3) is 5.91 Å². The summed E-state index contributed by atoms with van der Waals surface area (Å²) in [6, 6.07) is 1.68. The third-order valence-electron chi connectivity index (χ3n) is 3.30. The van der Waals surface area contributed by atoms with Crippen LogP contribution in [0.15, 0.2) is 12.3 Å². The molecule has 0 bridgehead atoms. The Morgan fingerprint density at radius 3 is 2.60 bits per heavy atom. The van der Waals surface area contributed by atoms with Gasteiger partial charge < -0.3 is 10.0 Å². The Labute approximate surface area is 128 Å². The summed E-state index contributed by atoms with van der Waals surface area (Å²) in [5.41, 5.74) is 0.784. The molecule has 0 radical (unpaired) electrons. The molecule has 2 heterocycles. The number of hydrogen-bond donors (Lipinski definition) is 1. The van der Waals surface area contributed by atoms with E-state index in [2.05, 4.69) is 9.88 Å². The summed E-state index contributed by atoms with van der Waals surface area (Å²) in [4.78, 5) is 19.7. The van der Waals surface area contributed by atoms with Crippen molar-refractivity contribution in [3.8, 4) is 0 Å². The van der Waals surface area contributed by atoms with Crippen LogP contribution < -0.4 is 0 Å². The van der Waals surface area contributed by atoms with E-state index >= 15 is 0 Å². The lowest BCUT2D eigenvalue weighted by Gasteiger charge is -2.35. The summed E-state index contributed by atoms with van der Waals surface area (Å²) in [5.74, 6) is -0.215. The quantitative estimate of drug-likeness (QED) is 0.916. The summed E-state index contributed by atoms with van der Waals surface area (Å²) >= 11 is 11.9. The van der Waals surface area contributed by atoms with E-state index in [-0.39, 0.29) is 5.91 Å². The zero-order valence-electron chi connectivity index (χ0n) is 11.2. The molecule has 1 aromatic rings. The van der Waals surface area contributed by atoms with E-state index in [4.69, 9.17) is 23.2 Å². The molecule has 1 aliphatic rings. The minimum absolute atomic E-state index is 0.215. The highest BCUT2D eigenvalue weighted by Gasteiger charge is 2.24. The standard InChI is InChI=1S/C13H17Cl2N3O2/c1-9(19)13(20)18-4-2-17(3-5-18)8-12-11(15)6-10(14)7-16-12/h6-7,9,19H,2-5,8H2,1H3. The van der Waals surface area contributed by atoms with Gasteiger partial charge in [0.15, 0.2) is 0 Å². The van der Waals surface area contributed by atoms with Crippen LogP contribution in [0.5, 0.6) is 0 Å². The number of amides is 1. The van der Waals surface area contributed by atoms with Crippen LogP contribution in [0.3, 0.4) is 0 Å². The molecule has 5 nitrogen and oxygen atoms in total. The molecular weight excluding hydrogens is 301 g/mol. The predicted octanol–water partition coefficient (Wildman–Crippen LogP) is 1.41. The first-order valence-electron chi connectivity index (χ1n) is 6.46. The number of pyridine rings is 1. The maximum Gasteiger partial charge on any atom is 0.251 e. The van der Waals surface area contributed by atoms with E-state index in [0.29, 0.717) is 29.7 Å². The molecule has 0 aliphatic carbocycles. The first kappa shape index (κ1) is 15.5. The maximum absolute atomic E-state index is 11.7. The number of nitrogens with zero attached hydrogens (tertiary/aromatic N) is 3. The number of carbonyl (C=O) groups is 1. The smallest absolute Gasteiger partial charge is 0.251 e. The predicted molar refractivity (Wildman–Crippen MR) is 77.8 cm³/mol. The second-order valence-electron chi connectivity index (χ2n) is 4.86. The number of rotatable bonds is 3. The van der Waals surface area contributed by atoms with Gasteiger partial charge in [-0.3, -0.25) is 14.7 Å². The second-order valence-corrected chi connectivity index (χ2v) is 5.70. The van der Waals surface area contributed by atoms with Crippen molar-refractivity contribution >= 4 is 29.1 Å². The van der Waals surface area contributed by atoms with Gasteiger partial charge in [0, 0.05) is 38.9 Å². The van der Waals surface area contributed by atoms with Gasteiger partial charge in [-0.15, -0.1) is 0 Å². The number of hydrogen-bond acceptors (Lipinski definition) is 4. The molecule has 1 N–H and O–H groups in total. The summed E-state index contributed by atoms with van der Waals surface area (Å²) in [6.45, 7) is 4.81. The third-order valence-corrected chi connectivity index (χ3v) is 3.83. The molecule has 1 aliphatic heterocycles.